The van der Waals surface area contributed by atoms with Crippen LogP contribution in [0.15, 0.2) is 23.1 Å². The fourth-order valence-corrected chi connectivity index (χ4v) is 3.52. The number of carbonyl (C=O) groups is 1. The highest BCUT2D eigenvalue weighted by Gasteiger charge is 2.30. The Balaban J connectivity index is 2.26. The Morgan fingerprint density at radius 3 is 2.61 bits per heavy atom. The van der Waals surface area contributed by atoms with E-state index in [4.69, 9.17) is 21.7 Å². The van der Waals surface area contributed by atoms with Crippen LogP contribution in [0.25, 0.3) is 6.08 Å². The Hall–Kier alpha value is -1.53. The number of carbonyl (C=O) groups excluding carboxylic acids is 1. The number of hydrogen-bond acceptors (Lipinski definition) is 5. The van der Waals surface area contributed by atoms with Gasteiger partial charge in [0.1, 0.15) is 4.32 Å². The monoisotopic (exact) mass is 351 g/mol. The summed E-state index contributed by atoms with van der Waals surface area (Å²) in [4.78, 5) is 14.5. The lowest BCUT2D eigenvalue weighted by Crippen LogP contribution is -2.27. The molecule has 6 heteroatoms. The molecule has 1 amide bonds. The molecule has 4 nitrogen and oxygen atoms in total. The largest absolute Gasteiger partial charge is 0.490 e. The molecule has 1 aliphatic heterocycles. The second kappa shape index (κ2) is 8.36. The highest BCUT2D eigenvalue weighted by atomic mass is 32.2. The predicted molar refractivity (Wildman–Crippen MR) is 99.0 cm³/mol. The van der Waals surface area contributed by atoms with Crippen molar-refractivity contribution in [2.45, 2.75) is 27.2 Å². The van der Waals surface area contributed by atoms with Crippen LogP contribution in [0.1, 0.15) is 32.8 Å². The lowest BCUT2D eigenvalue weighted by Gasteiger charge is -2.12. The van der Waals surface area contributed by atoms with E-state index in [1.54, 1.807) is 4.90 Å². The first-order valence-corrected chi connectivity index (χ1v) is 8.98. The molecule has 124 valence electrons. The van der Waals surface area contributed by atoms with Crippen molar-refractivity contribution in [3.63, 3.8) is 0 Å². The summed E-state index contributed by atoms with van der Waals surface area (Å²) in [6, 6.07) is 5.70. The third kappa shape index (κ3) is 4.26. The predicted octanol–water partition coefficient (Wildman–Crippen LogP) is 4.10. The van der Waals surface area contributed by atoms with Crippen LogP contribution in [0, 0.1) is 0 Å². The van der Waals surface area contributed by atoms with Gasteiger partial charge in [0.25, 0.3) is 5.91 Å². The van der Waals surface area contributed by atoms with Crippen molar-refractivity contribution in [2.24, 2.45) is 0 Å². The van der Waals surface area contributed by atoms with E-state index in [9.17, 15) is 4.79 Å². The van der Waals surface area contributed by atoms with Crippen molar-refractivity contribution in [1.82, 2.24) is 4.90 Å². The maximum absolute atomic E-state index is 12.3. The highest BCUT2D eigenvalue weighted by molar-refractivity contribution is 8.26. The summed E-state index contributed by atoms with van der Waals surface area (Å²) < 4.78 is 11.9. The number of nitrogens with zero attached hydrogens (tertiary/aromatic N) is 1. The van der Waals surface area contributed by atoms with Crippen LogP contribution in [0.5, 0.6) is 11.5 Å². The third-order valence-corrected chi connectivity index (χ3v) is 4.59. The summed E-state index contributed by atoms with van der Waals surface area (Å²) in [6.07, 6.45) is 2.79. The van der Waals surface area contributed by atoms with Gasteiger partial charge in [-0.05, 0) is 44.0 Å². The van der Waals surface area contributed by atoms with Crippen LogP contribution in [0.3, 0.4) is 0 Å². The Bertz CT molecular complexity index is 628. The molecular formula is C17H21NO3S2. The van der Waals surface area contributed by atoms with E-state index in [1.165, 1.54) is 11.8 Å². The Morgan fingerprint density at radius 1 is 1.22 bits per heavy atom. The summed E-state index contributed by atoms with van der Waals surface area (Å²) in [6.45, 7) is 7.71. The lowest BCUT2D eigenvalue weighted by molar-refractivity contribution is -0.121. The molecule has 1 saturated heterocycles. The standard InChI is InChI=1S/C17H21NO3S2/c1-4-9-21-13-8-7-12(10-14(13)20-6-3)11-15-16(19)18(5-2)17(22)23-15/h7-8,10-11H,4-6,9H2,1-3H3/b15-11+. The van der Waals surface area contributed by atoms with Crippen LogP contribution >= 0.6 is 24.0 Å². The number of thiocarbonyl (C=S) groups is 1. The van der Waals surface area contributed by atoms with Crippen molar-refractivity contribution < 1.29 is 14.3 Å². The van der Waals surface area contributed by atoms with Gasteiger partial charge >= 0.3 is 0 Å². The molecule has 0 spiro atoms. The zero-order valence-electron chi connectivity index (χ0n) is 13.6. The molecule has 1 fully saturated rings. The van der Waals surface area contributed by atoms with Gasteiger partial charge < -0.3 is 9.47 Å². The van der Waals surface area contributed by atoms with E-state index in [0.717, 1.165) is 17.7 Å². The van der Waals surface area contributed by atoms with Crippen LogP contribution in [-0.4, -0.2) is 34.9 Å². The topological polar surface area (TPSA) is 38.8 Å². The molecular weight excluding hydrogens is 330 g/mol. The number of amides is 1. The second-order valence-corrected chi connectivity index (χ2v) is 6.59. The highest BCUT2D eigenvalue weighted by Crippen LogP contribution is 2.34. The minimum atomic E-state index is -0.0354. The molecule has 0 atom stereocenters. The summed E-state index contributed by atoms with van der Waals surface area (Å²) in [5.74, 6) is 1.39. The number of thioether (sulfide) groups is 1. The van der Waals surface area contributed by atoms with E-state index in [0.29, 0.717) is 34.7 Å². The van der Waals surface area contributed by atoms with Crippen molar-refractivity contribution in [3.05, 3.63) is 28.7 Å². The third-order valence-electron chi connectivity index (χ3n) is 3.22. The van der Waals surface area contributed by atoms with E-state index < -0.39 is 0 Å². The molecule has 0 aliphatic carbocycles. The smallest absolute Gasteiger partial charge is 0.266 e. The average Bonchev–Trinajstić information content (AvgIpc) is 2.80. The number of rotatable bonds is 7. The van der Waals surface area contributed by atoms with Crippen LogP contribution < -0.4 is 9.47 Å². The first-order chi connectivity index (χ1) is 11.1. The van der Waals surface area contributed by atoms with Crippen LogP contribution in [0.2, 0.25) is 0 Å². The van der Waals surface area contributed by atoms with Gasteiger partial charge in [-0.25, -0.2) is 0 Å². The fourth-order valence-electron chi connectivity index (χ4n) is 2.14. The second-order valence-electron chi connectivity index (χ2n) is 4.91. The number of likely N-dealkylation sites (N-methyl/N-ethyl adjacent to an activating group) is 1. The SMILES string of the molecule is CCCOc1ccc(/C=C2/SC(=S)N(CC)C2=O)cc1OCC. The van der Waals surface area contributed by atoms with Crippen molar-refractivity contribution in [3.8, 4) is 11.5 Å². The minimum absolute atomic E-state index is 0.0354. The molecule has 1 aromatic carbocycles. The van der Waals surface area contributed by atoms with Gasteiger partial charge in [0.05, 0.1) is 18.1 Å². The fraction of sp³-hybridized carbons (Fsp3) is 0.412. The van der Waals surface area contributed by atoms with Crippen molar-refractivity contribution in [2.75, 3.05) is 19.8 Å². The van der Waals surface area contributed by atoms with Gasteiger partial charge in [0, 0.05) is 6.54 Å². The van der Waals surface area contributed by atoms with Gasteiger partial charge in [0.2, 0.25) is 0 Å². The minimum Gasteiger partial charge on any atom is -0.490 e. The van der Waals surface area contributed by atoms with Gasteiger partial charge in [0.15, 0.2) is 11.5 Å². The maximum Gasteiger partial charge on any atom is 0.266 e. The number of ether oxygens (including phenoxy) is 2. The summed E-state index contributed by atoms with van der Waals surface area (Å²) in [7, 11) is 0. The molecule has 1 aromatic rings. The van der Waals surface area contributed by atoms with Crippen LogP contribution in [-0.2, 0) is 4.79 Å². The summed E-state index contributed by atoms with van der Waals surface area (Å²) >= 11 is 6.56. The van der Waals surface area contributed by atoms with E-state index in [2.05, 4.69) is 6.92 Å². The molecule has 1 heterocycles. The van der Waals surface area contributed by atoms with E-state index in [-0.39, 0.29) is 5.91 Å². The normalized spacial score (nSPS) is 16.3. The zero-order chi connectivity index (χ0) is 16.8. The Morgan fingerprint density at radius 2 is 2.00 bits per heavy atom. The number of hydrogen-bond donors (Lipinski definition) is 0. The molecule has 2 rings (SSSR count). The average molecular weight is 351 g/mol. The van der Waals surface area contributed by atoms with Crippen molar-refractivity contribution >= 4 is 40.3 Å². The molecule has 0 unspecified atom stereocenters. The summed E-state index contributed by atoms with van der Waals surface area (Å²) in [5.41, 5.74) is 0.897. The summed E-state index contributed by atoms with van der Waals surface area (Å²) in [5, 5.41) is 0. The molecule has 0 bridgehead atoms. The van der Waals surface area contributed by atoms with E-state index in [1.807, 2.05) is 38.1 Å². The molecule has 0 saturated carbocycles. The molecule has 23 heavy (non-hydrogen) atoms. The molecule has 0 aromatic heterocycles. The first kappa shape index (κ1) is 17.8. The Labute approximate surface area is 146 Å². The van der Waals surface area contributed by atoms with E-state index >= 15 is 0 Å². The molecule has 0 N–H and O–H groups in total. The number of benzene rings is 1. The van der Waals surface area contributed by atoms with Gasteiger partial charge in [-0.15, -0.1) is 0 Å². The van der Waals surface area contributed by atoms with Gasteiger partial charge in [-0.2, -0.15) is 0 Å². The first-order valence-electron chi connectivity index (χ1n) is 7.75. The van der Waals surface area contributed by atoms with Crippen LogP contribution in [0.4, 0.5) is 0 Å². The van der Waals surface area contributed by atoms with Gasteiger partial charge in [-0.1, -0.05) is 37.0 Å². The zero-order valence-corrected chi connectivity index (χ0v) is 15.3. The Kier molecular flexibility index (Phi) is 6.47. The molecule has 0 radical (unpaired) electrons. The lowest BCUT2D eigenvalue weighted by atomic mass is 10.2. The van der Waals surface area contributed by atoms with Crippen molar-refractivity contribution in [1.29, 1.82) is 0 Å². The molecule has 1 aliphatic rings. The maximum atomic E-state index is 12.3. The van der Waals surface area contributed by atoms with Gasteiger partial charge in [-0.3, -0.25) is 9.69 Å². The quantitative estimate of drug-likeness (QED) is 0.546.